The lowest BCUT2D eigenvalue weighted by molar-refractivity contribution is 0.202. The standard InChI is InChI=1S/C33H37N9/c1-41(2)21-18-35-33-36-22-28(25-8-4-3-5-9-25)30(37-33)26-13-11-24(12-14-26)23-42-19-15-27(16-20-42)31-38-32(40-39-31)29-10-6-7-17-34-29/h3-14,17,22,27H,15-16,18-21,23H2,1-2H3,(H,35,36,37)(H,38,39,40). The van der Waals surface area contributed by atoms with Gasteiger partial charge in [0.25, 0.3) is 0 Å². The van der Waals surface area contributed by atoms with Crippen LogP contribution in [0.15, 0.2) is 85.2 Å². The number of nitrogens with one attached hydrogen (secondary N) is 2. The normalized spacial score (nSPS) is 14.4. The average molecular weight is 560 g/mol. The van der Waals surface area contributed by atoms with Gasteiger partial charge >= 0.3 is 0 Å². The lowest BCUT2D eigenvalue weighted by Gasteiger charge is -2.31. The maximum atomic E-state index is 4.95. The van der Waals surface area contributed by atoms with Crippen LogP contribution in [0.5, 0.6) is 0 Å². The monoisotopic (exact) mass is 559 g/mol. The molecular weight excluding hydrogens is 522 g/mol. The summed E-state index contributed by atoms with van der Waals surface area (Å²) >= 11 is 0. The van der Waals surface area contributed by atoms with Gasteiger partial charge in [0, 0.05) is 49.1 Å². The van der Waals surface area contributed by atoms with Crippen LogP contribution >= 0.6 is 0 Å². The van der Waals surface area contributed by atoms with E-state index in [1.807, 2.05) is 30.5 Å². The summed E-state index contributed by atoms with van der Waals surface area (Å²) < 4.78 is 0. The van der Waals surface area contributed by atoms with Crippen LogP contribution in [0.4, 0.5) is 5.95 Å². The molecular formula is C33H37N9. The summed E-state index contributed by atoms with van der Waals surface area (Å²) in [7, 11) is 4.12. The van der Waals surface area contributed by atoms with Crippen molar-refractivity contribution < 1.29 is 0 Å². The number of nitrogens with zero attached hydrogens (tertiary/aromatic N) is 7. The Morgan fingerprint density at radius 3 is 2.40 bits per heavy atom. The largest absolute Gasteiger partial charge is 0.353 e. The Kier molecular flexibility index (Phi) is 8.58. The molecule has 0 saturated carbocycles. The van der Waals surface area contributed by atoms with E-state index in [-0.39, 0.29) is 0 Å². The number of hydrogen-bond donors (Lipinski definition) is 2. The van der Waals surface area contributed by atoms with Gasteiger partial charge in [-0.2, -0.15) is 5.10 Å². The van der Waals surface area contributed by atoms with E-state index in [0.29, 0.717) is 17.7 Å². The first-order chi connectivity index (χ1) is 20.6. The molecule has 1 fully saturated rings. The Hall–Kier alpha value is -4.47. The Bertz CT molecular complexity index is 1560. The number of H-pyrrole nitrogens is 1. The zero-order valence-corrected chi connectivity index (χ0v) is 24.2. The molecule has 5 aromatic rings. The predicted molar refractivity (Wildman–Crippen MR) is 167 cm³/mol. The van der Waals surface area contributed by atoms with E-state index in [1.54, 1.807) is 6.20 Å². The van der Waals surface area contributed by atoms with E-state index in [2.05, 4.69) is 97.9 Å². The highest BCUT2D eigenvalue weighted by atomic mass is 15.2. The van der Waals surface area contributed by atoms with Gasteiger partial charge < -0.3 is 10.2 Å². The second-order valence-electron chi connectivity index (χ2n) is 11.1. The molecule has 42 heavy (non-hydrogen) atoms. The summed E-state index contributed by atoms with van der Waals surface area (Å²) in [5.74, 6) is 2.68. The molecule has 1 saturated heterocycles. The minimum Gasteiger partial charge on any atom is -0.353 e. The maximum Gasteiger partial charge on any atom is 0.223 e. The summed E-state index contributed by atoms with van der Waals surface area (Å²) in [5.41, 5.74) is 6.27. The lowest BCUT2D eigenvalue weighted by atomic mass is 9.95. The molecule has 9 nitrogen and oxygen atoms in total. The van der Waals surface area contributed by atoms with Crippen LogP contribution in [0.25, 0.3) is 33.9 Å². The quantitative estimate of drug-likeness (QED) is 0.237. The Labute approximate surface area is 247 Å². The molecule has 0 spiro atoms. The van der Waals surface area contributed by atoms with Crippen molar-refractivity contribution in [1.82, 2.24) is 39.9 Å². The molecule has 0 aliphatic carbocycles. The van der Waals surface area contributed by atoms with Gasteiger partial charge in [0.15, 0.2) is 5.82 Å². The molecule has 1 aliphatic rings. The number of likely N-dealkylation sites (N-methyl/N-ethyl adjacent to an activating group) is 1. The molecule has 1 aliphatic heterocycles. The molecule has 0 amide bonds. The number of piperidine rings is 1. The second-order valence-corrected chi connectivity index (χ2v) is 11.1. The summed E-state index contributed by atoms with van der Waals surface area (Å²) in [4.78, 5) is 23.3. The molecule has 9 heteroatoms. The van der Waals surface area contributed by atoms with E-state index >= 15 is 0 Å². The van der Waals surface area contributed by atoms with Crippen LogP contribution < -0.4 is 5.32 Å². The first-order valence-electron chi connectivity index (χ1n) is 14.6. The fraction of sp³-hybridized carbons (Fsp3) is 0.303. The molecule has 0 radical (unpaired) electrons. The SMILES string of the molecule is CN(C)CCNc1ncc(-c2ccccc2)c(-c2ccc(CN3CCC(c4nc(-c5ccccn5)n[nH]4)CC3)cc2)n1. The second kappa shape index (κ2) is 13.0. The molecule has 3 aromatic heterocycles. The Morgan fingerprint density at radius 2 is 1.67 bits per heavy atom. The smallest absolute Gasteiger partial charge is 0.223 e. The van der Waals surface area contributed by atoms with Crippen LogP contribution in [-0.4, -0.2) is 80.2 Å². The van der Waals surface area contributed by atoms with Crippen molar-refractivity contribution in [2.45, 2.75) is 25.3 Å². The molecule has 2 N–H and O–H groups in total. The topological polar surface area (TPSA) is 98.7 Å². The average Bonchev–Trinajstić information content (AvgIpc) is 3.53. The van der Waals surface area contributed by atoms with E-state index in [4.69, 9.17) is 9.97 Å². The third kappa shape index (κ3) is 6.70. The van der Waals surface area contributed by atoms with Gasteiger partial charge in [-0.3, -0.25) is 15.0 Å². The molecule has 2 aromatic carbocycles. The summed E-state index contributed by atoms with van der Waals surface area (Å²) in [5, 5.41) is 10.9. The van der Waals surface area contributed by atoms with Crippen LogP contribution in [0.3, 0.4) is 0 Å². The first-order valence-corrected chi connectivity index (χ1v) is 14.6. The minimum absolute atomic E-state index is 0.392. The summed E-state index contributed by atoms with van der Waals surface area (Å²) in [6.07, 6.45) is 5.82. The highest BCUT2D eigenvalue weighted by Crippen LogP contribution is 2.32. The third-order valence-corrected chi connectivity index (χ3v) is 7.72. The number of rotatable bonds is 10. The van der Waals surface area contributed by atoms with Crippen LogP contribution in [0.2, 0.25) is 0 Å². The van der Waals surface area contributed by atoms with Gasteiger partial charge in [0.2, 0.25) is 5.95 Å². The number of hydrogen-bond acceptors (Lipinski definition) is 8. The lowest BCUT2D eigenvalue weighted by Crippen LogP contribution is -2.32. The van der Waals surface area contributed by atoms with Crippen molar-refractivity contribution in [3.8, 4) is 33.9 Å². The zero-order valence-electron chi connectivity index (χ0n) is 24.2. The molecule has 0 bridgehead atoms. The Morgan fingerprint density at radius 1 is 0.881 bits per heavy atom. The van der Waals surface area contributed by atoms with Gasteiger partial charge in [-0.05, 0) is 63.3 Å². The predicted octanol–water partition coefficient (Wildman–Crippen LogP) is 5.34. The van der Waals surface area contributed by atoms with E-state index in [0.717, 1.165) is 79.5 Å². The van der Waals surface area contributed by atoms with Gasteiger partial charge in [0.1, 0.15) is 11.5 Å². The van der Waals surface area contributed by atoms with Crippen molar-refractivity contribution in [1.29, 1.82) is 0 Å². The number of likely N-dealkylation sites (tertiary alicyclic amines) is 1. The Balaban J connectivity index is 1.11. The minimum atomic E-state index is 0.392. The van der Waals surface area contributed by atoms with Crippen molar-refractivity contribution in [2.24, 2.45) is 0 Å². The number of benzene rings is 2. The van der Waals surface area contributed by atoms with E-state index < -0.39 is 0 Å². The van der Waals surface area contributed by atoms with Gasteiger partial charge in [-0.15, -0.1) is 0 Å². The molecule has 6 rings (SSSR count). The first kappa shape index (κ1) is 27.7. The van der Waals surface area contributed by atoms with Gasteiger partial charge in [-0.1, -0.05) is 60.7 Å². The van der Waals surface area contributed by atoms with E-state index in [9.17, 15) is 0 Å². The number of pyridine rings is 1. The third-order valence-electron chi connectivity index (χ3n) is 7.72. The highest BCUT2D eigenvalue weighted by Gasteiger charge is 2.24. The van der Waals surface area contributed by atoms with Gasteiger partial charge in [0.05, 0.1) is 5.69 Å². The molecule has 4 heterocycles. The van der Waals surface area contributed by atoms with Crippen LogP contribution in [0, 0.1) is 0 Å². The molecule has 214 valence electrons. The summed E-state index contributed by atoms with van der Waals surface area (Å²) in [6.45, 7) is 4.68. The van der Waals surface area contributed by atoms with E-state index in [1.165, 1.54) is 5.56 Å². The fourth-order valence-corrected chi connectivity index (χ4v) is 5.36. The number of aromatic nitrogens is 6. The summed E-state index contributed by atoms with van der Waals surface area (Å²) in [6, 6.07) is 25.0. The van der Waals surface area contributed by atoms with Crippen molar-refractivity contribution in [3.63, 3.8) is 0 Å². The van der Waals surface area contributed by atoms with Crippen molar-refractivity contribution in [3.05, 3.63) is 96.6 Å². The number of aromatic amines is 1. The molecule has 0 unspecified atom stereocenters. The maximum absolute atomic E-state index is 4.95. The van der Waals surface area contributed by atoms with Gasteiger partial charge in [-0.25, -0.2) is 15.0 Å². The van der Waals surface area contributed by atoms with Crippen LogP contribution in [0.1, 0.15) is 30.1 Å². The number of anilines is 1. The zero-order chi connectivity index (χ0) is 28.7. The molecule has 0 atom stereocenters. The fourth-order valence-electron chi connectivity index (χ4n) is 5.36. The van der Waals surface area contributed by atoms with Crippen LogP contribution in [-0.2, 0) is 6.54 Å². The van der Waals surface area contributed by atoms with Crippen molar-refractivity contribution in [2.75, 3.05) is 45.6 Å². The van der Waals surface area contributed by atoms with Crippen molar-refractivity contribution >= 4 is 5.95 Å². The highest BCUT2D eigenvalue weighted by molar-refractivity contribution is 5.80.